The van der Waals surface area contributed by atoms with Gasteiger partial charge in [0.05, 0.1) is 8.67 Å². The minimum atomic E-state index is -0.0945. The summed E-state index contributed by atoms with van der Waals surface area (Å²) in [6.45, 7) is 0. The third-order valence-electron chi connectivity index (χ3n) is 2.68. The highest BCUT2D eigenvalue weighted by Crippen LogP contribution is 2.35. The molecule has 0 fully saturated rings. The highest BCUT2D eigenvalue weighted by molar-refractivity contribution is 7.20. The predicted octanol–water partition coefficient (Wildman–Crippen LogP) is 3.42. The largest absolute Gasteiger partial charge is 0.338 e. The molecule has 0 aliphatic carbocycles. The molecule has 92 valence electrons. The number of hydrogen-bond acceptors (Lipinski definition) is 3. The van der Waals surface area contributed by atoms with Crippen molar-refractivity contribution < 1.29 is 0 Å². The molecule has 2 aromatic heterocycles. The van der Waals surface area contributed by atoms with Crippen molar-refractivity contribution in [2.45, 2.75) is 18.9 Å². The van der Waals surface area contributed by atoms with Gasteiger partial charge in [-0.2, -0.15) is 0 Å². The Morgan fingerprint density at radius 1 is 1.53 bits per heavy atom. The van der Waals surface area contributed by atoms with Crippen LogP contribution in [0.3, 0.4) is 0 Å². The summed E-state index contributed by atoms with van der Waals surface area (Å²) in [5.41, 5.74) is 7.03. The molecule has 2 aromatic rings. The van der Waals surface area contributed by atoms with E-state index in [0.717, 1.165) is 24.2 Å². The second-order valence-electron chi connectivity index (χ2n) is 3.88. The van der Waals surface area contributed by atoms with E-state index in [1.807, 2.05) is 23.9 Å². The van der Waals surface area contributed by atoms with E-state index >= 15 is 0 Å². The zero-order valence-corrected chi connectivity index (χ0v) is 11.7. The second kappa shape index (κ2) is 5.40. The van der Waals surface area contributed by atoms with Crippen molar-refractivity contribution in [3.63, 3.8) is 0 Å². The van der Waals surface area contributed by atoms with E-state index in [4.69, 9.17) is 28.9 Å². The molecule has 0 spiro atoms. The molecule has 3 nitrogen and oxygen atoms in total. The number of thiophene rings is 1. The number of aryl methyl sites for hydroxylation is 2. The zero-order chi connectivity index (χ0) is 12.4. The molecule has 0 bridgehead atoms. The monoisotopic (exact) mass is 289 g/mol. The van der Waals surface area contributed by atoms with Crippen molar-refractivity contribution in [1.29, 1.82) is 0 Å². The van der Waals surface area contributed by atoms with Crippen molar-refractivity contribution in [2.75, 3.05) is 0 Å². The van der Waals surface area contributed by atoms with Crippen LogP contribution in [-0.4, -0.2) is 9.55 Å². The van der Waals surface area contributed by atoms with E-state index in [2.05, 4.69) is 4.98 Å². The van der Waals surface area contributed by atoms with E-state index in [9.17, 15) is 0 Å². The third kappa shape index (κ3) is 3.01. The maximum absolute atomic E-state index is 6.10. The average molecular weight is 290 g/mol. The first-order chi connectivity index (χ1) is 8.08. The molecule has 0 saturated heterocycles. The Kier molecular flexibility index (Phi) is 4.09. The molecule has 0 aliphatic rings. The molecular formula is C11H13Cl2N3S. The summed E-state index contributed by atoms with van der Waals surface area (Å²) in [4.78, 5) is 4.26. The Hall–Kier alpha value is -0.550. The van der Waals surface area contributed by atoms with Crippen LogP contribution in [0.25, 0.3) is 0 Å². The number of rotatable bonds is 4. The van der Waals surface area contributed by atoms with Gasteiger partial charge < -0.3 is 10.3 Å². The number of imidazole rings is 1. The predicted molar refractivity (Wildman–Crippen MR) is 72.8 cm³/mol. The first-order valence-corrected chi connectivity index (χ1v) is 6.81. The molecule has 0 aromatic carbocycles. The number of hydrogen-bond donors (Lipinski definition) is 1. The van der Waals surface area contributed by atoms with Crippen LogP contribution in [0, 0.1) is 0 Å². The second-order valence-corrected chi connectivity index (χ2v) is 6.16. The van der Waals surface area contributed by atoms with Gasteiger partial charge in [0.15, 0.2) is 0 Å². The fraction of sp³-hybridized carbons (Fsp3) is 0.364. The lowest BCUT2D eigenvalue weighted by atomic mass is 10.1. The van der Waals surface area contributed by atoms with Gasteiger partial charge in [0.1, 0.15) is 5.82 Å². The fourth-order valence-electron chi connectivity index (χ4n) is 1.68. The third-order valence-corrected chi connectivity index (χ3v) is 4.20. The van der Waals surface area contributed by atoms with Gasteiger partial charge in [0.25, 0.3) is 0 Å². The lowest BCUT2D eigenvalue weighted by Gasteiger charge is -2.10. The summed E-state index contributed by atoms with van der Waals surface area (Å²) < 4.78 is 3.36. The minimum Gasteiger partial charge on any atom is -0.338 e. The molecule has 0 amide bonds. The van der Waals surface area contributed by atoms with Crippen molar-refractivity contribution in [3.8, 4) is 0 Å². The minimum absolute atomic E-state index is 0.0945. The molecule has 2 N–H and O–H groups in total. The molecule has 6 heteroatoms. The molecule has 0 radical (unpaired) electrons. The average Bonchev–Trinajstić information content (AvgIpc) is 2.81. The van der Waals surface area contributed by atoms with Crippen molar-refractivity contribution in [3.05, 3.63) is 38.5 Å². The Morgan fingerprint density at radius 2 is 2.29 bits per heavy atom. The summed E-state index contributed by atoms with van der Waals surface area (Å²) in [6, 6.07) is 1.75. The molecule has 17 heavy (non-hydrogen) atoms. The van der Waals surface area contributed by atoms with E-state index < -0.39 is 0 Å². The fourth-order valence-corrected chi connectivity index (χ4v) is 3.28. The van der Waals surface area contributed by atoms with E-state index in [1.165, 1.54) is 11.3 Å². The number of nitrogens with two attached hydrogens (primary N) is 1. The summed E-state index contributed by atoms with van der Waals surface area (Å²) in [5, 5.41) is 0. The topological polar surface area (TPSA) is 43.8 Å². The standard InChI is InChI=1S/C11H13Cl2N3S/c1-16-5-4-15-10(16)3-2-8(14)7-6-9(12)17-11(7)13/h4-6,8H,2-3,14H2,1H3. The summed E-state index contributed by atoms with van der Waals surface area (Å²) in [5.74, 6) is 1.03. The highest BCUT2D eigenvalue weighted by atomic mass is 35.5. The smallest absolute Gasteiger partial charge is 0.108 e. The molecular weight excluding hydrogens is 277 g/mol. The van der Waals surface area contributed by atoms with Gasteiger partial charge in [-0.3, -0.25) is 0 Å². The first-order valence-electron chi connectivity index (χ1n) is 5.24. The van der Waals surface area contributed by atoms with Crippen molar-refractivity contribution >= 4 is 34.5 Å². The highest BCUT2D eigenvalue weighted by Gasteiger charge is 2.14. The van der Waals surface area contributed by atoms with Crippen LogP contribution >= 0.6 is 34.5 Å². The van der Waals surface area contributed by atoms with E-state index in [0.29, 0.717) is 8.67 Å². The molecule has 1 unspecified atom stereocenters. The van der Waals surface area contributed by atoms with Gasteiger partial charge in [0.2, 0.25) is 0 Å². The molecule has 1 atom stereocenters. The van der Waals surface area contributed by atoms with Crippen LogP contribution in [0.5, 0.6) is 0 Å². The van der Waals surface area contributed by atoms with Gasteiger partial charge in [-0.05, 0) is 18.1 Å². The van der Waals surface area contributed by atoms with Crippen molar-refractivity contribution in [2.24, 2.45) is 12.8 Å². The molecule has 2 heterocycles. The molecule has 0 saturated carbocycles. The lowest BCUT2D eigenvalue weighted by molar-refractivity contribution is 0.622. The normalized spacial score (nSPS) is 12.9. The maximum Gasteiger partial charge on any atom is 0.108 e. The Balaban J connectivity index is 2.00. The molecule has 2 rings (SSSR count). The van der Waals surface area contributed by atoms with Gasteiger partial charge in [-0.25, -0.2) is 4.98 Å². The maximum atomic E-state index is 6.10. The van der Waals surface area contributed by atoms with Crippen LogP contribution in [0.1, 0.15) is 23.9 Å². The van der Waals surface area contributed by atoms with Gasteiger partial charge in [0, 0.05) is 31.9 Å². The number of aromatic nitrogens is 2. The Bertz CT molecular complexity index is 507. The van der Waals surface area contributed by atoms with Crippen LogP contribution < -0.4 is 5.73 Å². The summed E-state index contributed by atoms with van der Waals surface area (Å²) in [6.07, 6.45) is 5.34. The quantitative estimate of drug-likeness (QED) is 0.937. The SMILES string of the molecule is Cn1ccnc1CCC(N)c1cc(Cl)sc1Cl. The van der Waals surface area contributed by atoms with Crippen LogP contribution in [0.4, 0.5) is 0 Å². The van der Waals surface area contributed by atoms with Gasteiger partial charge >= 0.3 is 0 Å². The van der Waals surface area contributed by atoms with Crippen LogP contribution in [-0.2, 0) is 13.5 Å². The first kappa shape index (κ1) is 12.9. The Labute approximate surface area is 114 Å². The lowest BCUT2D eigenvalue weighted by Crippen LogP contribution is -2.12. The van der Waals surface area contributed by atoms with E-state index in [-0.39, 0.29) is 6.04 Å². The van der Waals surface area contributed by atoms with Crippen molar-refractivity contribution in [1.82, 2.24) is 9.55 Å². The van der Waals surface area contributed by atoms with Gasteiger partial charge in [-0.15, -0.1) is 11.3 Å². The van der Waals surface area contributed by atoms with Gasteiger partial charge in [-0.1, -0.05) is 23.2 Å². The molecule has 0 aliphatic heterocycles. The number of nitrogens with zero attached hydrogens (tertiary/aromatic N) is 2. The summed E-state index contributed by atoms with van der Waals surface area (Å²) in [7, 11) is 1.97. The Morgan fingerprint density at radius 3 is 2.82 bits per heavy atom. The zero-order valence-electron chi connectivity index (χ0n) is 9.36. The number of halogens is 2. The van der Waals surface area contributed by atoms with E-state index in [1.54, 1.807) is 6.20 Å². The van der Waals surface area contributed by atoms with Crippen LogP contribution in [0.15, 0.2) is 18.5 Å². The van der Waals surface area contributed by atoms with Crippen LogP contribution in [0.2, 0.25) is 8.67 Å². The summed E-state index contributed by atoms with van der Waals surface area (Å²) >= 11 is 13.3.